The van der Waals surface area contributed by atoms with Gasteiger partial charge < -0.3 is 24.8 Å². The van der Waals surface area contributed by atoms with Crippen molar-refractivity contribution >= 4 is 12.0 Å². The number of hydrogen-bond acceptors (Lipinski definition) is 5. The Morgan fingerprint density at radius 1 is 1.13 bits per heavy atom. The summed E-state index contributed by atoms with van der Waals surface area (Å²) < 4.78 is 16.7. The summed E-state index contributed by atoms with van der Waals surface area (Å²) in [5.74, 6) is 1.40. The highest BCUT2D eigenvalue weighted by Crippen LogP contribution is 2.31. The second-order valence-corrected chi connectivity index (χ2v) is 9.32. The molecule has 1 aromatic carbocycles. The minimum atomic E-state index is -0.564. The Balaban J connectivity index is 1.87. The first-order valence-electron chi connectivity index (χ1n) is 11.2. The third kappa shape index (κ3) is 8.31. The smallest absolute Gasteiger partial charge is 0.407 e. The van der Waals surface area contributed by atoms with Gasteiger partial charge in [0.05, 0.1) is 19.1 Å². The lowest BCUT2D eigenvalue weighted by atomic mass is 9.91. The minimum Gasteiger partial charge on any atom is -0.490 e. The molecule has 0 saturated heterocycles. The van der Waals surface area contributed by atoms with Gasteiger partial charge in [-0.15, -0.1) is 0 Å². The van der Waals surface area contributed by atoms with Crippen LogP contribution in [0.1, 0.15) is 59.9 Å². The molecule has 7 nitrogen and oxygen atoms in total. The van der Waals surface area contributed by atoms with Crippen molar-refractivity contribution in [3.05, 3.63) is 23.8 Å². The average Bonchev–Trinajstić information content (AvgIpc) is 2.93. The van der Waals surface area contributed by atoms with E-state index in [0.29, 0.717) is 13.2 Å². The fourth-order valence-electron chi connectivity index (χ4n) is 3.46. The monoisotopic (exact) mass is 434 g/mol. The van der Waals surface area contributed by atoms with Crippen LogP contribution >= 0.6 is 0 Å². The number of ether oxygens (including phenoxy) is 3. The third-order valence-corrected chi connectivity index (χ3v) is 5.22. The maximum Gasteiger partial charge on any atom is 0.407 e. The fraction of sp³-hybridized carbons (Fsp3) is 0.667. The summed E-state index contributed by atoms with van der Waals surface area (Å²) in [7, 11) is 0. The Morgan fingerprint density at radius 2 is 1.81 bits per heavy atom. The summed E-state index contributed by atoms with van der Waals surface area (Å²) in [6, 6.07) is 6.10. The van der Waals surface area contributed by atoms with Gasteiger partial charge in [0.25, 0.3) is 0 Å². The van der Waals surface area contributed by atoms with Gasteiger partial charge in [-0.3, -0.25) is 4.79 Å². The highest BCUT2D eigenvalue weighted by Gasteiger charge is 2.23. The summed E-state index contributed by atoms with van der Waals surface area (Å²) in [5, 5.41) is 5.81. The van der Waals surface area contributed by atoms with Gasteiger partial charge in [0, 0.05) is 19.0 Å². The molecule has 0 aliphatic carbocycles. The van der Waals surface area contributed by atoms with Crippen molar-refractivity contribution in [2.45, 2.75) is 72.4 Å². The van der Waals surface area contributed by atoms with E-state index in [1.165, 1.54) is 0 Å². The Kier molecular flexibility index (Phi) is 9.01. The van der Waals surface area contributed by atoms with Crippen LogP contribution in [-0.4, -0.2) is 43.4 Å². The SMILES string of the molecule is CCC(NC(=O)C(C)CNC(=O)OC(C)(C)C)C(C)Cc1ccc2c(c1)OCCCO2. The van der Waals surface area contributed by atoms with Gasteiger partial charge in [-0.1, -0.05) is 26.8 Å². The maximum atomic E-state index is 12.7. The molecule has 174 valence electrons. The van der Waals surface area contributed by atoms with Crippen molar-refractivity contribution in [1.29, 1.82) is 0 Å². The minimum absolute atomic E-state index is 0.0347. The lowest BCUT2D eigenvalue weighted by molar-refractivity contribution is -0.125. The molecule has 2 N–H and O–H groups in total. The first-order valence-corrected chi connectivity index (χ1v) is 11.2. The van der Waals surface area contributed by atoms with E-state index in [1.807, 2.05) is 12.1 Å². The number of carbonyl (C=O) groups is 2. The molecule has 1 aliphatic rings. The molecule has 0 spiro atoms. The molecule has 0 saturated carbocycles. The maximum absolute atomic E-state index is 12.7. The molecule has 3 unspecified atom stereocenters. The summed E-state index contributed by atoms with van der Waals surface area (Å²) in [5.41, 5.74) is 0.592. The Morgan fingerprint density at radius 3 is 2.45 bits per heavy atom. The molecule has 2 rings (SSSR count). The zero-order chi connectivity index (χ0) is 23.0. The van der Waals surface area contributed by atoms with Crippen molar-refractivity contribution in [2.75, 3.05) is 19.8 Å². The van der Waals surface area contributed by atoms with E-state index in [4.69, 9.17) is 14.2 Å². The number of rotatable bonds is 8. The van der Waals surface area contributed by atoms with Crippen molar-refractivity contribution in [3.8, 4) is 11.5 Å². The molecule has 2 amide bonds. The number of fused-ring (bicyclic) bond motifs is 1. The molecular weight excluding hydrogens is 396 g/mol. The Labute approximate surface area is 186 Å². The predicted octanol–water partition coefficient (Wildman–Crippen LogP) is 4.08. The van der Waals surface area contributed by atoms with E-state index >= 15 is 0 Å². The molecule has 3 atom stereocenters. The second-order valence-electron chi connectivity index (χ2n) is 9.32. The lowest BCUT2D eigenvalue weighted by Crippen LogP contribution is -2.45. The van der Waals surface area contributed by atoms with Crippen LogP contribution in [0.3, 0.4) is 0 Å². The quantitative estimate of drug-likeness (QED) is 0.644. The number of alkyl carbamates (subject to hydrolysis) is 1. The molecular formula is C24H38N2O5. The molecule has 31 heavy (non-hydrogen) atoms. The third-order valence-electron chi connectivity index (χ3n) is 5.22. The average molecular weight is 435 g/mol. The van der Waals surface area contributed by atoms with Crippen LogP contribution in [0.25, 0.3) is 0 Å². The highest BCUT2D eigenvalue weighted by molar-refractivity contribution is 5.79. The molecule has 1 heterocycles. The van der Waals surface area contributed by atoms with E-state index in [-0.39, 0.29) is 30.3 Å². The zero-order valence-corrected chi connectivity index (χ0v) is 19.7. The van der Waals surface area contributed by atoms with Crippen molar-refractivity contribution in [2.24, 2.45) is 11.8 Å². The fourth-order valence-corrected chi connectivity index (χ4v) is 3.46. The number of amides is 2. The highest BCUT2D eigenvalue weighted by atomic mass is 16.6. The van der Waals surface area contributed by atoms with Crippen LogP contribution in [0.15, 0.2) is 18.2 Å². The van der Waals surface area contributed by atoms with Crippen LogP contribution in [0.4, 0.5) is 4.79 Å². The number of carbonyl (C=O) groups excluding carboxylic acids is 2. The second kappa shape index (κ2) is 11.3. The van der Waals surface area contributed by atoms with E-state index in [2.05, 4.69) is 30.5 Å². The first kappa shape index (κ1) is 24.8. The molecule has 0 bridgehead atoms. The predicted molar refractivity (Wildman–Crippen MR) is 121 cm³/mol. The van der Waals surface area contributed by atoms with E-state index in [0.717, 1.165) is 36.3 Å². The van der Waals surface area contributed by atoms with E-state index in [9.17, 15) is 9.59 Å². The number of hydrogen-bond donors (Lipinski definition) is 2. The molecule has 0 radical (unpaired) electrons. The molecule has 1 aromatic rings. The van der Waals surface area contributed by atoms with Crippen LogP contribution < -0.4 is 20.1 Å². The van der Waals surface area contributed by atoms with E-state index < -0.39 is 11.7 Å². The van der Waals surface area contributed by atoms with Crippen LogP contribution in [0.5, 0.6) is 11.5 Å². The topological polar surface area (TPSA) is 85.9 Å². The summed E-state index contributed by atoms with van der Waals surface area (Å²) in [6.45, 7) is 13.0. The molecule has 7 heteroatoms. The van der Waals surface area contributed by atoms with Gasteiger partial charge >= 0.3 is 6.09 Å². The molecule has 1 aliphatic heterocycles. The van der Waals surface area contributed by atoms with Gasteiger partial charge in [-0.25, -0.2) is 4.79 Å². The Hall–Kier alpha value is -2.44. The molecule has 0 fully saturated rings. The van der Waals surface area contributed by atoms with Crippen LogP contribution in [0, 0.1) is 11.8 Å². The lowest BCUT2D eigenvalue weighted by Gasteiger charge is -2.26. The van der Waals surface area contributed by atoms with Crippen molar-refractivity contribution in [1.82, 2.24) is 10.6 Å². The van der Waals surface area contributed by atoms with Gasteiger partial charge in [0.1, 0.15) is 5.60 Å². The number of benzene rings is 1. The van der Waals surface area contributed by atoms with Gasteiger partial charge in [-0.2, -0.15) is 0 Å². The standard InChI is InChI=1S/C24H38N2O5/c1-7-19(26-22(27)17(3)15-25-23(28)31-24(4,5)6)16(2)13-18-9-10-20-21(14-18)30-12-8-11-29-20/h9-10,14,16-17,19H,7-8,11-13,15H2,1-6H3,(H,25,28)(H,26,27). The van der Waals surface area contributed by atoms with Crippen molar-refractivity contribution < 1.29 is 23.8 Å². The van der Waals surface area contributed by atoms with E-state index in [1.54, 1.807) is 27.7 Å². The zero-order valence-electron chi connectivity index (χ0n) is 19.7. The Bertz CT molecular complexity index is 744. The largest absolute Gasteiger partial charge is 0.490 e. The normalized spacial score (nSPS) is 16.5. The van der Waals surface area contributed by atoms with Gasteiger partial charge in [0.15, 0.2) is 11.5 Å². The number of nitrogens with one attached hydrogen (secondary N) is 2. The van der Waals surface area contributed by atoms with Crippen molar-refractivity contribution in [3.63, 3.8) is 0 Å². The van der Waals surface area contributed by atoms with Gasteiger partial charge in [-0.05, 0) is 57.2 Å². The van der Waals surface area contributed by atoms with Crippen LogP contribution in [0.2, 0.25) is 0 Å². The summed E-state index contributed by atoms with van der Waals surface area (Å²) >= 11 is 0. The summed E-state index contributed by atoms with van der Waals surface area (Å²) in [4.78, 5) is 24.5. The van der Waals surface area contributed by atoms with Crippen LogP contribution in [-0.2, 0) is 16.0 Å². The van der Waals surface area contributed by atoms with Gasteiger partial charge in [0.2, 0.25) is 5.91 Å². The summed E-state index contributed by atoms with van der Waals surface area (Å²) in [6.07, 6.45) is 2.01. The molecule has 0 aromatic heterocycles. The first-order chi connectivity index (χ1) is 14.6.